The van der Waals surface area contributed by atoms with Gasteiger partial charge in [0.2, 0.25) is 12.3 Å². The zero-order chi connectivity index (χ0) is 22.6. The number of ether oxygens (including phenoxy) is 2. The van der Waals surface area contributed by atoms with Gasteiger partial charge in [0.05, 0.1) is 19.1 Å². The molecule has 2 aromatic carbocycles. The van der Waals surface area contributed by atoms with Gasteiger partial charge in [-0.1, -0.05) is 0 Å². The first-order chi connectivity index (χ1) is 16.2. The van der Waals surface area contributed by atoms with Crippen LogP contribution in [0.25, 0.3) is 11.5 Å². The van der Waals surface area contributed by atoms with E-state index in [2.05, 4.69) is 15.3 Å². The Morgan fingerprint density at radius 2 is 1.79 bits per heavy atom. The summed E-state index contributed by atoms with van der Waals surface area (Å²) in [6.07, 6.45) is 3.39. The maximum atomic E-state index is 13.1. The Morgan fingerprint density at radius 1 is 1.03 bits per heavy atom. The molecule has 1 aliphatic heterocycles. The molecule has 9 heteroatoms. The zero-order valence-corrected chi connectivity index (χ0v) is 17.7. The Hall–Kier alpha value is -4.40. The fourth-order valence-electron chi connectivity index (χ4n) is 3.60. The van der Waals surface area contributed by atoms with Gasteiger partial charge in [0.1, 0.15) is 23.3 Å². The van der Waals surface area contributed by atoms with Gasteiger partial charge in [-0.2, -0.15) is 5.10 Å². The number of rotatable bonds is 7. The van der Waals surface area contributed by atoms with E-state index in [0.29, 0.717) is 23.8 Å². The largest absolute Gasteiger partial charge is 0.497 e. The molecular formula is C24H20N4O5. The van der Waals surface area contributed by atoms with Crippen molar-refractivity contribution in [3.8, 4) is 23.0 Å². The van der Waals surface area contributed by atoms with Crippen LogP contribution < -0.4 is 9.47 Å². The standard InChI is InChI=1S/C24H20N4O5/c1-30-18-8-4-16(5-9-18)20-13-21(22-3-2-12-31-22)28(27-20)23(29)14-32-19-10-6-17(7-11-19)24-26-25-15-33-24/h2-12,15,21H,13-14H2,1H3. The van der Waals surface area contributed by atoms with Crippen molar-refractivity contribution in [2.45, 2.75) is 12.5 Å². The van der Waals surface area contributed by atoms with E-state index in [1.807, 2.05) is 30.3 Å². The molecule has 0 saturated carbocycles. The van der Waals surface area contributed by atoms with Gasteiger partial charge < -0.3 is 18.3 Å². The fourth-order valence-corrected chi connectivity index (χ4v) is 3.60. The zero-order valence-electron chi connectivity index (χ0n) is 17.7. The van der Waals surface area contributed by atoms with E-state index < -0.39 is 0 Å². The van der Waals surface area contributed by atoms with E-state index in [0.717, 1.165) is 22.6 Å². The number of benzene rings is 2. The van der Waals surface area contributed by atoms with Crippen molar-refractivity contribution in [1.29, 1.82) is 0 Å². The highest BCUT2D eigenvalue weighted by Crippen LogP contribution is 2.33. The first kappa shape index (κ1) is 20.5. The predicted octanol–water partition coefficient (Wildman–Crippen LogP) is 4.09. The van der Waals surface area contributed by atoms with Crippen LogP contribution in [-0.4, -0.2) is 40.5 Å². The summed E-state index contributed by atoms with van der Waals surface area (Å²) >= 11 is 0. The van der Waals surface area contributed by atoms with Crippen LogP contribution in [-0.2, 0) is 4.79 Å². The van der Waals surface area contributed by atoms with E-state index in [4.69, 9.17) is 18.3 Å². The molecule has 0 saturated heterocycles. The Kier molecular flexibility index (Phi) is 5.59. The first-order valence-corrected chi connectivity index (χ1v) is 10.3. The SMILES string of the molecule is COc1ccc(C2=NN(C(=O)COc3ccc(-c4nnco4)cc3)C(c3ccco3)C2)cc1. The number of carbonyl (C=O) groups excluding carboxylic acids is 1. The van der Waals surface area contributed by atoms with E-state index in [1.165, 1.54) is 11.4 Å². The lowest BCUT2D eigenvalue weighted by atomic mass is 10.0. The summed E-state index contributed by atoms with van der Waals surface area (Å²) in [7, 11) is 1.62. The summed E-state index contributed by atoms with van der Waals surface area (Å²) in [4.78, 5) is 13.1. The highest BCUT2D eigenvalue weighted by atomic mass is 16.5. The molecule has 166 valence electrons. The third kappa shape index (κ3) is 4.33. The number of aromatic nitrogens is 2. The minimum absolute atomic E-state index is 0.170. The molecule has 0 bridgehead atoms. The molecule has 1 amide bonds. The third-order valence-corrected chi connectivity index (χ3v) is 5.28. The molecule has 1 atom stereocenters. The van der Waals surface area contributed by atoms with E-state index in [-0.39, 0.29) is 18.6 Å². The van der Waals surface area contributed by atoms with Crippen LogP contribution in [0.5, 0.6) is 11.5 Å². The quantitative estimate of drug-likeness (QED) is 0.423. The fraction of sp³-hybridized carbons (Fsp3) is 0.167. The normalized spacial score (nSPS) is 15.4. The molecule has 3 heterocycles. The van der Waals surface area contributed by atoms with E-state index in [9.17, 15) is 4.79 Å². The van der Waals surface area contributed by atoms with Gasteiger partial charge in [-0.3, -0.25) is 4.79 Å². The van der Waals surface area contributed by atoms with E-state index in [1.54, 1.807) is 43.7 Å². The van der Waals surface area contributed by atoms with Crippen molar-refractivity contribution in [2.75, 3.05) is 13.7 Å². The van der Waals surface area contributed by atoms with Crippen molar-refractivity contribution in [3.05, 3.63) is 84.6 Å². The van der Waals surface area contributed by atoms with Crippen LogP contribution in [0.1, 0.15) is 23.8 Å². The molecule has 0 spiro atoms. The minimum Gasteiger partial charge on any atom is -0.497 e. The average Bonchev–Trinajstić information content (AvgIpc) is 3.64. The summed E-state index contributed by atoms with van der Waals surface area (Å²) in [5.41, 5.74) is 2.47. The molecule has 4 aromatic rings. The molecule has 1 aliphatic rings. The second kappa shape index (κ2) is 8.99. The minimum atomic E-state index is -0.340. The summed E-state index contributed by atoms with van der Waals surface area (Å²) in [6, 6.07) is 17.9. The average molecular weight is 444 g/mol. The molecule has 0 aliphatic carbocycles. The molecule has 9 nitrogen and oxygen atoms in total. The topological polar surface area (TPSA) is 103 Å². The number of furan rings is 1. The summed E-state index contributed by atoms with van der Waals surface area (Å²) in [5.74, 6) is 2.10. The Labute approximate surface area is 189 Å². The molecule has 33 heavy (non-hydrogen) atoms. The van der Waals surface area contributed by atoms with Crippen LogP contribution in [0.4, 0.5) is 0 Å². The lowest BCUT2D eigenvalue weighted by Crippen LogP contribution is -2.31. The second-order valence-electron chi connectivity index (χ2n) is 7.31. The van der Waals surface area contributed by atoms with Crippen molar-refractivity contribution >= 4 is 11.6 Å². The summed E-state index contributed by atoms with van der Waals surface area (Å²) in [5, 5.41) is 13.6. The molecular weight excluding hydrogens is 424 g/mol. The Morgan fingerprint density at radius 3 is 2.45 bits per heavy atom. The number of nitrogens with zero attached hydrogens (tertiary/aromatic N) is 4. The Bertz CT molecular complexity index is 1230. The first-order valence-electron chi connectivity index (χ1n) is 10.3. The molecule has 0 radical (unpaired) electrons. The van der Waals surface area contributed by atoms with Crippen molar-refractivity contribution in [2.24, 2.45) is 5.10 Å². The number of hydrogen-bond donors (Lipinski definition) is 0. The monoisotopic (exact) mass is 444 g/mol. The third-order valence-electron chi connectivity index (χ3n) is 5.28. The van der Waals surface area contributed by atoms with Crippen molar-refractivity contribution in [1.82, 2.24) is 15.2 Å². The van der Waals surface area contributed by atoms with Gasteiger partial charge in [-0.25, -0.2) is 5.01 Å². The number of methoxy groups -OCH3 is 1. The second-order valence-corrected chi connectivity index (χ2v) is 7.31. The molecule has 2 aromatic heterocycles. The van der Waals surface area contributed by atoms with Gasteiger partial charge in [0.25, 0.3) is 5.91 Å². The lowest BCUT2D eigenvalue weighted by Gasteiger charge is -2.20. The number of hydrogen-bond acceptors (Lipinski definition) is 8. The van der Waals surface area contributed by atoms with Crippen LogP contribution in [0.15, 0.2) is 87.3 Å². The van der Waals surface area contributed by atoms with Crippen molar-refractivity contribution in [3.63, 3.8) is 0 Å². The smallest absolute Gasteiger partial charge is 0.281 e. The highest BCUT2D eigenvalue weighted by Gasteiger charge is 2.35. The lowest BCUT2D eigenvalue weighted by molar-refractivity contribution is -0.135. The number of amides is 1. The maximum Gasteiger partial charge on any atom is 0.281 e. The molecule has 5 rings (SSSR count). The van der Waals surface area contributed by atoms with Crippen molar-refractivity contribution < 1.29 is 23.1 Å². The van der Waals surface area contributed by atoms with Gasteiger partial charge in [-0.15, -0.1) is 10.2 Å². The highest BCUT2D eigenvalue weighted by molar-refractivity contribution is 6.03. The van der Waals surface area contributed by atoms with Crippen LogP contribution in [0, 0.1) is 0 Å². The van der Waals surface area contributed by atoms with Gasteiger partial charge in [0.15, 0.2) is 6.61 Å². The number of carbonyl (C=O) groups is 1. The maximum absolute atomic E-state index is 13.1. The van der Waals surface area contributed by atoms with Gasteiger partial charge in [-0.05, 0) is 66.2 Å². The predicted molar refractivity (Wildman–Crippen MR) is 118 cm³/mol. The van der Waals surface area contributed by atoms with Gasteiger partial charge in [0, 0.05) is 12.0 Å². The Balaban J connectivity index is 1.31. The molecule has 1 unspecified atom stereocenters. The molecule has 0 fully saturated rings. The summed E-state index contributed by atoms with van der Waals surface area (Å²) < 4.78 is 21.7. The number of hydrazone groups is 1. The van der Waals surface area contributed by atoms with Gasteiger partial charge >= 0.3 is 0 Å². The van der Waals surface area contributed by atoms with E-state index >= 15 is 0 Å². The van der Waals surface area contributed by atoms with Crippen LogP contribution in [0.2, 0.25) is 0 Å². The summed E-state index contributed by atoms with van der Waals surface area (Å²) in [6.45, 7) is -0.170. The van der Waals surface area contributed by atoms with Crippen LogP contribution in [0.3, 0.4) is 0 Å². The van der Waals surface area contributed by atoms with Crippen LogP contribution >= 0.6 is 0 Å². The molecule has 0 N–H and O–H groups in total.